The molecule has 1 aromatic carbocycles. The predicted molar refractivity (Wildman–Crippen MR) is 52.4 cm³/mol. The van der Waals surface area contributed by atoms with Gasteiger partial charge in [-0.2, -0.15) is 12.1 Å². The first kappa shape index (κ1) is 23.3. The Morgan fingerprint density at radius 3 is 1.69 bits per heavy atom. The van der Waals surface area contributed by atoms with Crippen molar-refractivity contribution in [2.75, 3.05) is 0 Å². The van der Waals surface area contributed by atoms with Gasteiger partial charge in [-0.1, -0.05) is 27.7 Å². The number of hydrogen-bond acceptors (Lipinski definition) is 0. The van der Waals surface area contributed by atoms with Gasteiger partial charge in [0, 0.05) is 39.6 Å². The first-order valence-electron chi connectivity index (χ1n) is 4.18. The molecule has 0 aromatic heterocycles. The van der Waals surface area contributed by atoms with Crippen molar-refractivity contribution in [2.45, 2.75) is 27.7 Å². The minimum Gasteiger partial charge on any atom is -0.374 e. The number of benzene rings is 1. The van der Waals surface area contributed by atoms with Gasteiger partial charge in [0.2, 0.25) is 0 Å². The molecule has 0 atom stereocenters. The van der Waals surface area contributed by atoms with E-state index >= 15 is 0 Å². The van der Waals surface area contributed by atoms with Crippen LogP contribution in [0.1, 0.15) is 33.3 Å². The summed E-state index contributed by atoms with van der Waals surface area (Å²) in [4.78, 5) is 0. The van der Waals surface area contributed by atoms with Crippen molar-refractivity contribution in [1.82, 2.24) is 0 Å². The van der Waals surface area contributed by atoms with E-state index < -0.39 is 0 Å². The molecule has 0 spiro atoms. The second-order valence-corrected chi connectivity index (χ2v) is 1.39. The fourth-order valence-electron chi connectivity index (χ4n) is 0.431. The Morgan fingerprint density at radius 1 is 1.08 bits per heavy atom. The molecule has 0 aliphatic heterocycles. The second-order valence-electron chi connectivity index (χ2n) is 1.39. The summed E-state index contributed by atoms with van der Waals surface area (Å²) < 4.78 is 0. The molecule has 13 heavy (non-hydrogen) atoms. The van der Waals surface area contributed by atoms with E-state index in [1.807, 2.05) is 52.0 Å². The van der Waals surface area contributed by atoms with Crippen LogP contribution in [-0.4, -0.2) is 0 Å². The van der Waals surface area contributed by atoms with Gasteiger partial charge in [0.25, 0.3) is 0 Å². The molecule has 0 nitrogen and oxygen atoms in total. The van der Waals surface area contributed by atoms with Crippen LogP contribution < -0.4 is 0 Å². The van der Waals surface area contributed by atoms with Crippen molar-refractivity contribution in [3.63, 3.8) is 0 Å². The molecule has 0 saturated carbocycles. The van der Waals surface area contributed by atoms with Gasteiger partial charge in [-0.05, 0) is 0 Å². The first-order chi connectivity index (χ1) is 5.39. The van der Waals surface area contributed by atoms with Crippen molar-refractivity contribution in [2.24, 2.45) is 0 Å². The zero-order valence-electron chi connectivity index (χ0n) is 8.87. The summed E-state index contributed by atoms with van der Waals surface area (Å²) in [6.07, 6.45) is 0. The smallest absolute Gasteiger partial charge is 0 e. The average Bonchev–Trinajstić information content (AvgIpc) is 2.13. The molecule has 0 aliphatic carbocycles. The predicted octanol–water partition coefficient (Wildman–Crippen LogP) is 3.72. The zero-order chi connectivity index (χ0) is 9.11. The van der Waals surface area contributed by atoms with E-state index in [0.717, 1.165) is 5.56 Å². The van der Waals surface area contributed by atoms with Crippen LogP contribution in [0.4, 0.5) is 0 Å². The molecule has 0 heterocycles. The fourth-order valence-corrected chi connectivity index (χ4v) is 0.431. The summed E-state index contributed by atoms with van der Waals surface area (Å²) in [5, 5.41) is 0. The molecular weight excluding hydrogens is 367 g/mol. The Bertz CT molecular complexity index is 140. The van der Waals surface area contributed by atoms with Crippen LogP contribution in [0, 0.1) is 13.0 Å². The summed E-state index contributed by atoms with van der Waals surface area (Å²) >= 11 is 0. The molecule has 0 aliphatic rings. The molecular formula is C11H18VW-2. The maximum atomic E-state index is 3.66. The third kappa shape index (κ3) is 19.0. The van der Waals surface area contributed by atoms with E-state index in [-0.39, 0.29) is 39.6 Å². The molecule has 0 unspecified atom stereocenters. The van der Waals surface area contributed by atoms with Crippen molar-refractivity contribution >= 4 is 0 Å². The number of rotatable bonds is 0. The van der Waals surface area contributed by atoms with Crippen LogP contribution in [0.15, 0.2) is 24.3 Å². The van der Waals surface area contributed by atoms with E-state index in [1.165, 1.54) is 0 Å². The van der Waals surface area contributed by atoms with Crippen LogP contribution in [0.3, 0.4) is 0 Å². The molecule has 0 bridgehead atoms. The van der Waals surface area contributed by atoms with Crippen molar-refractivity contribution in [3.05, 3.63) is 42.8 Å². The third-order valence-electron chi connectivity index (χ3n) is 0.773. The van der Waals surface area contributed by atoms with Gasteiger partial charge >= 0.3 is 0 Å². The monoisotopic (exact) mass is 385 g/mol. The van der Waals surface area contributed by atoms with E-state index in [9.17, 15) is 0 Å². The Morgan fingerprint density at radius 2 is 1.54 bits per heavy atom. The quantitative estimate of drug-likeness (QED) is 0.598. The van der Waals surface area contributed by atoms with Gasteiger partial charge in [0.15, 0.2) is 0 Å². The second kappa shape index (κ2) is 22.8. The Balaban J connectivity index is -0.0000000607. The van der Waals surface area contributed by atoms with Crippen LogP contribution in [-0.2, 0) is 39.6 Å². The Labute approximate surface area is 110 Å². The summed E-state index contributed by atoms with van der Waals surface area (Å²) in [5.41, 5.74) is 0.947. The molecule has 1 radical (unpaired) electrons. The molecule has 75 valence electrons. The molecule has 0 amide bonds. The van der Waals surface area contributed by atoms with Gasteiger partial charge in [0.1, 0.15) is 0 Å². The first-order valence-corrected chi connectivity index (χ1v) is 4.18. The van der Waals surface area contributed by atoms with Crippen molar-refractivity contribution in [1.29, 1.82) is 0 Å². The molecule has 0 fully saturated rings. The summed E-state index contributed by atoms with van der Waals surface area (Å²) in [7, 11) is 0. The molecule has 2 heteroatoms. The minimum atomic E-state index is 0. The van der Waals surface area contributed by atoms with E-state index in [1.54, 1.807) is 0 Å². The fraction of sp³-hybridized carbons (Fsp3) is 0.364. The van der Waals surface area contributed by atoms with Gasteiger partial charge < -0.3 is 18.6 Å². The van der Waals surface area contributed by atoms with Crippen LogP contribution in [0.2, 0.25) is 0 Å². The SMILES string of the molecule is CC.CC.[CH2-]c1[c-]cccc1.[V].[W]. The summed E-state index contributed by atoms with van der Waals surface area (Å²) in [6.45, 7) is 11.7. The molecule has 1 aromatic rings. The van der Waals surface area contributed by atoms with Crippen LogP contribution >= 0.6 is 0 Å². The largest absolute Gasteiger partial charge is 0.374 e. The van der Waals surface area contributed by atoms with Gasteiger partial charge in [0.05, 0.1) is 0 Å². The minimum absolute atomic E-state index is 0. The van der Waals surface area contributed by atoms with Crippen LogP contribution in [0.5, 0.6) is 0 Å². The standard InChI is InChI=1S/C7H6.2C2H6.V.W/c1-7-5-3-2-4-6-7;2*1-2;;/h2-5H,1H2;2*1-2H3;;/q-2;;;;. The molecule has 0 saturated heterocycles. The van der Waals surface area contributed by atoms with Crippen molar-refractivity contribution < 1.29 is 39.6 Å². The average molecular weight is 385 g/mol. The number of hydrogen-bond donors (Lipinski definition) is 0. The van der Waals surface area contributed by atoms with Crippen molar-refractivity contribution in [3.8, 4) is 0 Å². The molecule has 1 rings (SSSR count). The van der Waals surface area contributed by atoms with Crippen LogP contribution in [0.25, 0.3) is 0 Å². The van der Waals surface area contributed by atoms with Gasteiger partial charge in [-0.15, -0.1) is 6.07 Å². The third-order valence-corrected chi connectivity index (χ3v) is 0.773. The summed E-state index contributed by atoms with van der Waals surface area (Å²) in [5.74, 6) is 0. The topological polar surface area (TPSA) is 0 Å². The zero-order valence-corrected chi connectivity index (χ0v) is 13.2. The molecule has 0 N–H and O–H groups in total. The van der Waals surface area contributed by atoms with E-state index in [4.69, 9.17) is 0 Å². The van der Waals surface area contributed by atoms with Gasteiger partial charge in [-0.3, -0.25) is 6.07 Å². The maximum absolute atomic E-state index is 3.66. The maximum Gasteiger partial charge on any atom is 0 e. The van der Waals surface area contributed by atoms with E-state index in [0.29, 0.717) is 0 Å². The normalized spacial score (nSPS) is 5.54. The summed E-state index contributed by atoms with van der Waals surface area (Å²) in [6, 6.07) is 10.6. The Kier molecular flexibility index (Phi) is 40.9. The Hall–Kier alpha value is 0.363. The van der Waals surface area contributed by atoms with E-state index in [2.05, 4.69) is 13.0 Å². The van der Waals surface area contributed by atoms with Gasteiger partial charge in [-0.25, -0.2) is 0 Å².